The molecule has 1 aliphatic rings. The molecule has 2 aromatic carbocycles. The number of benzene rings is 2. The first-order chi connectivity index (χ1) is 15.0. The summed E-state index contributed by atoms with van der Waals surface area (Å²) in [6, 6.07) is 11.7. The normalized spacial score (nSPS) is 17.0. The molecule has 0 saturated carbocycles. The van der Waals surface area contributed by atoms with E-state index in [1.54, 1.807) is 37.4 Å². The van der Waals surface area contributed by atoms with Gasteiger partial charge in [-0.05, 0) is 57.2 Å². The van der Waals surface area contributed by atoms with E-state index in [2.05, 4.69) is 5.32 Å². The predicted octanol–water partition coefficient (Wildman–Crippen LogP) is 3.28. The molecule has 9 heteroatoms. The molecular formula is C23H30N2O6S. The summed E-state index contributed by atoms with van der Waals surface area (Å²) < 4.78 is 42.7. The second kappa shape index (κ2) is 9.28. The second-order valence-corrected chi connectivity index (χ2v) is 10.2. The third-order valence-corrected chi connectivity index (χ3v) is 6.28. The molecule has 0 fully saturated rings. The molecule has 0 bridgehead atoms. The van der Waals surface area contributed by atoms with Crippen LogP contribution in [0.4, 0.5) is 5.69 Å². The van der Waals surface area contributed by atoms with E-state index in [1.165, 1.54) is 0 Å². The highest BCUT2D eigenvalue weighted by Crippen LogP contribution is 2.41. The van der Waals surface area contributed by atoms with Crippen LogP contribution in [-0.4, -0.2) is 46.4 Å². The van der Waals surface area contributed by atoms with Gasteiger partial charge in [0.15, 0.2) is 0 Å². The van der Waals surface area contributed by atoms with Gasteiger partial charge in [0.1, 0.15) is 29.4 Å². The highest BCUT2D eigenvalue weighted by Gasteiger charge is 2.35. The Labute approximate surface area is 189 Å². The standard InChI is InChI=1S/C23H30N2O6S/c1-6-30-17-9-7-16(8-10-17)25(32(5,27)28)15-22(26)24-20-14-23(2,3)31-21-13-18(29-4)11-12-19(20)21/h7-13,20H,6,14-15H2,1-5H3,(H,24,26). The Balaban J connectivity index is 1.81. The molecule has 3 rings (SSSR count). The molecule has 1 N–H and O–H groups in total. The van der Waals surface area contributed by atoms with Crippen molar-refractivity contribution in [3.8, 4) is 17.2 Å². The Morgan fingerprint density at radius 3 is 2.44 bits per heavy atom. The minimum atomic E-state index is -3.68. The second-order valence-electron chi connectivity index (χ2n) is 8.29. The van der Waals surface area contributed by atoms with Gasteiger partial charge in [-0.25, -0.2) is 8.42 Å². The zero-order chi connectivity index (χ0) is 23.5. The fourth-order valence-corrected chi connectivity index (χ4v) is 4.59. The molecule has 32 heavy (non-hydrogen) atoms. The van der Waals surface area contributed by atoms with Crippen LogP contribution >= 0.6 is 0 Å². The van der Waals surface area contributed by atoms with Gasteiger partial charge < -0.3 is 19.5 Å². The summed E-state index contributed by atoms with van der Waals surface area (Å²) in [4.78, 5) is 12.9. The van der Waals surface area contributed by atoms with Crippen molar-refractivity contribution in [3.63, 3.8) is 0 Å². The van der Waals surface area contributed by atoms with Gasteiger partial charge in [0.25, 0.3) is 0 Å². The molecule has 0 aromatic heterocycles. The smallest absolute Gasteiger partial charge is 0.241 e. The maximum Gasteiger partial charge on any atom is 0.241 e. The quantitative estimate of drug-likeness (QED) is 0.647. The lowest BCUT2D eigenvalue weighted by atomic mass is 9.89. The van der Waals surface area contributed by atoms with Crippen molar-refractivity contribution in [3.05, 3.63) is 48.0 Å². The fraction of sp³-hybridized carbons (Fsp3) is 0.435. The van der Waals surface area contributed by atoms with Crippen LogP contribution in [-0.2, 0) is 14.8 Å². The van der Waals surface area contributed by atoms with E-state index in [1.807, 2.05) is 32.9 Å². The van der Waals surface area contributed by atoms with Gasteiger partial charge in [-0.3, -0.25) is 9.10 Å². The number of hydrogen-bond donors (Lipinski definition) is 1. The maximum absolute atomic E-state index is 12.9. The van der Waals surface area contributed by atoms with Crippen LogP contribution in [0.25, 0.3) is 0 Å². The molecule has 0 spiro atoms. The van der Waals surface area contributed by atoms with Crippen LogP contribution in [0.2, 0.25) is 0 Å². The van der Waals surface area contributed by atoms with Crippen LogP contribution in [0.3, 0.4) is 0 Å². The van der Waals surface area contributed by atoms with Crippen molar-refractivity contribution in [1.29, 1.82) is 0 Å². The van der Waals surface area contributed by atoms with Gasteiger partial charge in [0, 0.05) is 18.1 Å². The van der Waals surface area contributed by atoms with Crippen molar-refractivity contribution in [2.24, 2.45) is 0 Å². The van der Waals surface area contributed by atoms with Crippen molar-refractivity contribution in [2.45, 2.75) is 38.8 Å². The van der Waals surface area contributed by atoms with E-state index < -0.39 is 21.5 Å². The van der Waals surface area contributed by atoms with Crippen LogP contribution in [0.1, 0.15) is 38.8 Å². The number of hydrogen-bond acceptors (Lipinski definition) is 6. The molecule has 0 saturated heterocycles. The van der Waals surface area contributed by atoms with Crippen LogP contribution in [0.5, 0.6) is 17.2 Å². The molecule has 0 aliphatic carbocycles. The van der Waals surface area contributed by atoms with E-state index in [0.717, 1.165) is 16.1 Å². The zero-order valence-corrected chi connectivity index (χ0v) is 19.9. The fourth-order valence-electron chi connectivity index (χ4n) is 3.73. The van der Waals surface area contributed by atoms with Crippen molar-refractivity contribution in [1.82, 2.24) is 5.32 Å². The van der Waals surface area contributed by atoms with E-state index in [-0.39, 0.29) is 12.6 Å². The summed E-state index contributed by atoms with van der Waals surface area (Å²) in [6.45, 7) is 5.92. The van der Waals surface area contributed by atoms with E-state index in [9.17, 15) is 13.2 Å². The number of sulfonamides is 1. The Morgan fingerprint density at radius 1 is 1.19 bits per heavy atom. The van der Waals surface area contributed by atoms with Gasteiger partial charge in [-0.15, -0.1) is 0 Å². The number of amides is 1. The summed E-state index contributed by atoms with van der Waals surface area (Å²) in [7, 11) is -2.10. The number of nitrogens with one attached hydrogen (secondary N) is 1. The number of nitrogens with zero attached hydrogens (tertiary/aromatic N) is 1. The zero-order valence-electron chi connectivity index (χ0n) is 19.0. The van der Waals surface area contributed by atoms with Gasteiger partial charge in [-0.1, -0.05) is 0 Å². The lowest BCUT2D eigenvalue weighted by molar-refractivity contribution is -0.120. The third kappa shape index (κ3) is 5.64. The molecule has 1 unspecified atom stereocenters. The Morgan fingerprint density at radius 2 is 1.84 bits per heavy atom. The number of methoxy groups -OCH3 is 1. The average molecular weight is 463 g/mol. The summed E-state index contributed by atoms with van der Waals surface area (Å²) in [5.41, 5.74) is 0.706. The molecule has 1 amide bonds. The maximum atomic E-state index is 12.9. The summed E-state index contributed by atoms with van der Waals surface area (Å²) in [5, 5.41) is 2.98. The number of ether oxygens (including phenoxy) is 3. The molecule has 0 radical (unpaired) electrons. The molecule has 8 nitrogen and oxygen atoms in total. The monoisotopic (exact) mass is 462 g/mol. The van der Waals surface area contributed by atoms with Crippen LogP contribution < -0.4 is 23.8 Å². The van der Waals surface area contributed by atoms with Crippen molar-refractivity contribution < 1.29 is 27.4 Å². The lowest BCUT2D eigenvalue weighted by Crippen LogP contribution is -2.45. The summed E-state index contributed by atoms with van der Waals surface area (Å²) >= 11 is 0. The largest absolute Gasteiger partial charge is 0.497 e. The molecule has 1 aliphatic heterocycles. The first kappa shape index (κ1) is 23.7. The Hall–Kier alpha value is -2.94. The summed E-state index contributed by atoms with van der Waals surface area (Å²) in [5.74, 6) is 1.52. The van der Waals surface area contributed by atoms with Crippen LogP contribution in [0.15, 0.2) is 42.5 Å². The van der Waals surface area contributed by atoms with E-state index >= 15 is 0 Å². The molecule has 2 aromatic rings. The SMILES string of the molecule is CCOc1ccc(N(CC(=O)NC2CC(C)(C)Oc3cc(OC)ccc32)S(C)(=O)=O)cc1. The van der Waals surface area contributed by atoms with E-state index in [4.69, 9.17) is 14.2 Å². The Bertz CT molecular complexity index is 1070. The highest BCUT2D eigenvalue weighted by molar-refractivity contribution is 7.92. The van der Waals surface area contributed by atoms with Crippen LogP contribution in [0, 0.1) is 0 Å². The average Bonchev–Trinajstić information content (AvgIpc) is 2.71. The number of carbonyl (C=O) groups is 1. The molecule has 174 valence electrons. The highest BCUT2D eigenvalue weighted by atomic mass is 32.2. The first-order valence-corrected chi connectivity index (χ1v) is 12.2. The third-order valence-electron chi connectivity index (χ3n) is 5.14. The molecule has 1 atom stereocenters. The van der Waals surface area contributed by atoms with Gasteiger partial charge in [0.2, 0.25) is 15.9 Å². The summed E-state index contributed by atoms with van der Waals surface area (Å²) in [6.07, 6.45) is 1.62. The number of rotatable bonds is 8. The van der Waals surface area contributed by atoms with Gasteiger partial charge in [0.05, 0.1) is 31.7 Å². The minimum Gasteiger partial charge on any atom is -0.497 e. The predicted molar refractivity (Wildman–Crippen MR) is 123 cm³/mol. The van der Waals surface area contributed by atoms with Gasteiger partial charge >= 0.3 is 0 Å². The van der Waals surface area contributed by atoms with Crippen molar-refractivity contribution >= 4 is 21.6 Å². The molecular weight excluding hydrogens is 432 g/mol. The first-order valence-electron chi connectivity index (χ1n) is 10.4. The lowest BCUT2D eigenvalue weighted by Gasteiger charge is -2.38. The molecule has 1 heterocycles. The topological polar surface area (TPSA) is 94.2 Å². The van der Waals surface area contributed by atoms with Crippen molar-refractivity contribution in [2.75, 3.05) is 30.8 Å². The number of carbonyl (C=O) groups excluding carboxylic acids is 1. The Kier molecular flexibility index (Phi) is 6.88. The number of anilines is 1. The van der Waals surface area contributed by atoms with E-state index in [0.29, 0.717) is 36.0 Å². The minimum absolute atomic E-state index is 0.325. The number of fused-ring (bicyclic) bond motifs is 1. The van der Waals surface area contributed by atoms with Gasteiger partial charge in [-0.2, -0.15) is 0 Å².